The van der Waals surface area contributed by atoms with Crippen LogP contribution >= 0.6 is 0 Å². The third-order valence-electron chi connectivity index (χ3n) is 4.76. The molecule has 0 spiro atoms. The Hall–Kier alpha value is -3.19. The molecule has 0 bridgehead atoms. The Morgan fingerprint density at radius 2 is 1.93 bits per heavy atom. The van der Waals surface area contributed by atoms with Gasteiger partial charge in [0.05, 0.1) is 10.5 Å². The number of pyridine rings is 1. The number of aromatic nitrogens is 1. The van der Waals surface area contributed by atoms with Gasteiger partial charge in [-0.25, -0.2) is 8.42 Å². The van der Waals surface area contributed by atoms with Gasteiger partial charge in [0.25, 0.3) is 15.9 Å². The van der Waals surface area contributed by atoms with E-state index in [2.05, 4.69) is 9.71 Å². The van der Waals surface area contributed by atoms with E-state index in [1.54, 1.807) is 78.8 Å². The first-order valence-electron chi connectivity index (χ1n) is 8.89. The second-order valence-corrected chi connectivity index (χ2v) is 8.31. The summed E-state index contributed by atoms with van der Waals surface area (Å²) in [6.45, 7) is 2.32. The summed E-state index contributed by atoms with van der Waals surface area (Å²) in [5.74, 6) is -0.111. The van der Waals surface area contributed by atoms with Crippen molar-refractivity contribution in [3.05, 3.63) is 83.7 Å². The first-order chi connectivity index (χ1) is 13.5. The van der Waals surface area contributed by atoms with Crippen LogP contribution in [0.3, 0.4) is 0 Å². The van der Waals surface area contributed by atoms with Crippen LogP contribution in [-0.4, -0.2) is 25.9 Å². The van der Waals surface area contributed by atoms with Crippen molar-refractivity contribution in [2.75, 3.05) is 16.2 Å². The zero-order valence-corrected chi connectivity index (χ0v) is 16.1. The number of carbonyl (C=O) groups is 1. The van der Waals surface area contributed by atoms with Gasteiger partial charge < -0.3 is 4.90 Å². The molecule has 1 N–H and O–H groups in total. The summed E-state index contributed by atoms with van der Waals surface area (Å²) < 4.78 is 28.0. The van der Waals surface area contributed by atoms with Gasteiger partial charge in [0, 0.05) is 30.3 Å². The number of anilines is 2. The van der Waals surface area contributed by atoms with Gasteiger partial charge in [0.15, 0.2) is 0 Å². The van der Waals surface area contributed by atoms with Gasteiger partial charge >= 0.3 is 0 Å². The Labute approximate surface area is 163 Å². The minimum Gasteiger partial charge on any atom is -0.308 e. The smallest absolute Gasteiger partial charge is 0.262 e. The van der Waals surface area contributed by atoms with E-state index in [-0.39, 0.29) is 10.8 Å². The first-order valence-corrected chi connectivity index (χ1v) is 10.4. The summed E-state index contributed by atoms with van der Waals surface area (Å²) in [5.41, 5.74) is 3.43. The molecule has 1 aliphatic heterocycles. The number of aryl methyl sites for hydroxylation is 1. The van der Waals surface area contributed by atoms with E-state index in [1.807, 2.05) is 0 Å². The van der Waals surface area contributed by atoms with E-state index in [9.17, 15) is 13.2 Å². The Kier molecular flexibility index (Phi) is 4.60. The SMILES string of the molecule is Cc1ccccc1S(=O)(=O)Nc1ccc2c(c1)CCN2C(=O)c1cccnc1. The summed E-state index contributed by atoms with van der Waals surface area (Å²) in [7, 11) is -3.67. The molecule has 0 aliphatic carbocycles. The van der Waals surface area contributed by atoms with Gasteiger partial charge in [-0.2, -0.15) is 0 Å². The monoisotopic (exact) mass is 393 g/mol. The van der Waals surface area contributed by atoms with Crippen LogP contribution in [0.5, 0.6) is 0 Å². The van der Waals surface area contributed by atoms with Crippen molar-refractivity contribution in [3.63, 3.8) is 0 Å². The highest BCUT2D eigenvalue weighted by Gasteiger charge is 2.26. The second kappa shape index (κ2) is 7.09. The molecule has 3 aromatic rings. The third-order valence-corrected chi connectivity index (χ3v) is 6.31. The summed E-state index contributed by atoms with van der Waals surface area (Å²) in [5, 5.41) is 0. The van der Waals surface area contributed by atoms with Crippen LogP contribution < -0.4 is 9.62 Å². The van der Waals surface area contributed by atoms with E-state index in [4.69, 9.17) is 0 Å². The van der Waals surface area contributed by atoms with E-state index in [1.165, 1.54) is 0 Å². The van der Waals surface area contributed by atoms with Crippen LogP contribution in [0.15, 0.2) is 71.9 Å². The molecular formula is C21H19N3O3S. The fourth-order valence-electron chi connectivity index (χ4n) is 3.39. The molecule has 0 saturated carbocycles. The van der Waals surface area contributed by atoms with E-state index in [0.29, 0.717) is 29.8 Å². The lowest BCUT2D eigenvalue weighted by molar-refractivity contribution is 0.0989. The number of benzene rings is 2. The molecule has 142 valence electrons. The van der Waals surface area contributed by atoms with Crippen molar-refractivity contribution < 1.29 is 13.2 Å². The molecule has 1 aliphatic rings. The van der Waals surface area contributed by atoms with Gasteiger partial charge in [-0.05, 0) is 60.9 Å². The molecule has 1 amide bonds. The molecule has 0 unspecified atom stereocenters. The van der Waals surface area contributed by atoms with Gasteiger partial charge in [-0.15, -0.1) is 0 Å². The molecule has 7 heteroatoms. The first kappa shape index (κ1) is 18.2. The highest BCUT2D eigenvalue weighted by molar-refractivity contribution is 7.92. The summed E-state index contributed by atoms with van der Waals surface area (Å²) in [6, 6.07) is 15.6. The van der Waals surface area contributed by atoms with Crippen LogP contribution in [0, 0.1) is 6.92 Å². The summed E-state index contributed by atoms with van der Waals surface area (Å²) in [6.07, 6.45) is 3.84. The van der Waals surface area contributed by atoms with Crippen molar-refractivity contribution in [1.29, 1.82) is 0 Å². The highest BCUT2D eigenvalue weighted by Crippen LogP contribution is 2.32. The number of sulfonamides is 1. The lowest BCUT2D eigenvalue weighted by atomic mass is 10.1. The standard InChI is InChI=1S/C21H19N3O3S/c1-15-5-2-3-7-20(15)28(26,27)23-18-8-9-19-16(13-18)10-12-24(19)21(25)17-6-4-11-22-14-17/h2-9,11,13-14,23H,10,12H2,1H3. The topological polar surface area (TPSA) is 79.4 Å². The number of amides is 1. The average molecular weight is 393 g/mol. The molecule has 2 heterocycles. The Bertz CT molecular complexity index is 1140. The maximum atomic E-state index is 12.7. The van der Waals surface area contributed by atoms with Crippen molar-refractivity contribution in [2.45, 2.75) is 18.2 Å². The number of fused-ring (bicyclic) bond motifs is 1. The largest absolute Gasteiger partial charge is 0.308 e. The van der Waals surface area contributed by atoms with E-state index in [0.717, 1.165) is 11.3 Å². The lowest BCUT2D eigenvalue weighted by Gasteiger charge is -2.17. The highest BCUT2D eigenvalue weighted by atomic mass is 32.2. The van der Waals surface area contributed by atoms with Crippen molar-refractivity contribution in [2.24, 2.45) is 0 Å². The predicted molar refractivity (Wildman–Crippen MR) is 108 cm³/mol. The number of hydrogen-bond donors (Lipinski definition) is 1. The molecular weight excluding hydrogens is 374 g/mol. The molecule has 28 heavy (non-hydrogen) atoms. The molecule has 0 atom stereocenters. The number of rotatable bonds is 4. The fraction of sp³-hybridized carbons (Fsp3) is 0.143. The second-order valence-electron chi connectivity index (χ2n) is 6.66. The van der Waals surface area contributed by atoms with Gasteiger partial charge in [-0.1, -0.05) is 18.2 Å². The van der Waals surface area contributed by atoms with Crippen molar-refractivity contribution in [3.8, 4) is 0 Å². The quantitative estimate of drug-likeness (QED) is 0.737. The maximum Gasteiger partial charge on any atom is 0.262 e. The molecule has 1 aromatic heterocycles. The predicted octanol–water partition coefficient (Wildman–Crippen LogP) is 3.39. The summed E-state index contributed by atoms with van der Waals surface area (Å²) >= 11 is 0. The van der Waals surface area contributed by atoms with Crippen LogP contribution in [-0.2, 0) is 16.4 Å². The number of nitrogens with one attached hydrogen (secondary N) is 1. The Balaban J connectivity index is 1.59. The number of carbonyl (C=O) groups excluding carboxylic acids is 1. The molecule has 0 fully saturated rings. The maximum absolute atomic E-state index is 12.7. The number of nitrogens with zero attached hydrogens (tertiary/aromatic N) is 2. The van der Waals surface area contributed by atoms with Crippen LogP contribution in [0.4, 0.5) is 11.4 Å². The summed E-state index contributed by atoms with van der Waals surface area (Å²) in [4.78, 5) is 18.7. The van der Waals surface area contributed by atoms with E-state index < -0.39 is 10.0 Å². The zero-order chi connectivity index (χ0) is 19.7. The molecule has 2 aromatic carbocycles. The van der Waals surface area contributed by atoms with Crippen LogP contribution in [0.25, 0.3) is 0 Å². The molecule has 0 radical (unpaired) electrons. The molecule has 6 nitrogen and oxygen atoms in total. The van der Waals surface area contributed by atoms with Crippen molar-refractivity contribution >= 4 is 27.3 Å². The van der Waals surface area contributed by atoms with Gasteiger partial charge in [-0.3, -0.25) is 14.5 Å². The van der Waals surface area contributed by atoms with Crippen LogP contribution in [0.2, 0.25) is 0 Å². The number of hydrogen-bond acceptors (Lipinski definition) is 4. The normalized spacial score (nSPS) is 13.2. The third kappa shape index (κ3) is 3.36. The average Bonchev–Trinajstić information content (AvgIpc) is 3.11. The zero-order valence-electron chi connectivity index (χ0n) is 15.3. The van der Waals surface area contributed by atoms with Gasteiger partial charge in [0.1, 0.15) is 0 Å². The van der Waals surface area contributed by atoms with Gasteiger partial charge in [0.2, 0.25) is 0 Å². The Morgan fingerprint density at radius 1 is 1.11 bits per heavy atom. The molecule has 0 saturated heterocycles. The van der Waals surface area contributed by atoms with E-state index >= 15 is 0 Å². The van der Waals surface area contributed by atoms with Crippen molar-refractivity contribution in [1.82, 2.24) is 4.98 Å². The fourth-order valence-corrected chi connectivity index (χ4v) is 4.69. The Morgan fingerprint density at radius 3 is 2.68 bits per heavy atom. The minimum absolute atomic E-state index is 0.111. The van der Waals surface area contributed by atoms with Crippen LogP contribution in [0.1, 0.15) is 21.5 Å². The minimum atomic E-state index is -3.67. The molecule has 4 rings (SSSR count). The lowest BCUT2D eigenvalue weighted by Crippen LogP contribution is -2.28.